The summed E-state index contributed by atoms with van der Waals surface area (Å²) in [5, 5.41) is 12.2. The minimum Gasteiger partial charge on any atom is -0.344 e. The standard InChI is InChI=1S/C19H16Cl2N4O2/c1-11(12-7-3-2-4-8-12)22-19(27)16-15(21)17(25-24-16)23-18(26)13-9-5-6-10-14(13)20/h2-11H,1H3,(H,22,27)(H2,23,24,25,26)/t11-/m1/s1. The highest BCUT2D eigenvalue weighted by atomic mass is 35.5. The normalized spacial score (nSPS) is 11.7. The van der Waals surface area contributed by atoms with Gasteiger partial charge in [-0.05, 0) is 24.6 Å². The topological polar surface area (TPSA) is 86.9 Å². The van der Waals surface area contributed by atoms with Crippen LogP contribution in [0, 0.1) is 0 Å². The Morgan fingerprint density at radius 3 is 2.37 bits per heavy atom. The summed E-state index contributed by atoms with van der Waals surface area (Å²) >= 11 is 12.2. The lowest BCUT2D eigenvalue weighted by Crippen LogP contribution is -2.27. The van der Waals surface area contributed by atoms with Gasteiger partial charge in [-0.25, -0.2) is 0 Å². The predicted molar refractivity (Wildman–Crippen MR) is 105 cm³/mol. The van der Waals surface area contributed by atoms with E-state index in [4.69, 9.17) is 23.2 Å². The molecule has 2 aromatic carbocycles. The zero-order valence-corrected chi connectivity index (χ0v) is 15.8. The van der Waals surface area contributed by atoms with Crippen molar-refractivity contribution in [3.63, 3.8) is 0 Å². The number of nitrogens with one attached hydrogen (secondary N) is 3. The van der Waals surface area contributed by atoms with Crippen LogP contribution < -0.4 is 10.6 Å². The average Bonchev–Trinajstić information content (AvgIpc) is 3.03. The van der Waals surface area contributed by atoms with Crippen molar-refractivity contribution in [2.24, 2.45) is 0 Å². The molecule has 27 heavy (non-hydrogen) atoms. The van der Waals surface area contributed by atoms with E-state index in [0.717, 1.165) is 5.56 Å². The zero-order chi connectivity index (χ0) is 19.4. The number of rotatable bonds is 5. The van der Waals surface area contributed by atoms with Gasteiger partial charge in [0.2, 0.25) is 0 Å². The van der Waals surface area contributed by atoms with Crippen molar-refractivity contribution in [2.45, 2.75) is 13.0 Å². The van der Waals surface area contributed by atoms with E-state index in [2.05, 4.69) is 20.8 Å². The second kappa shape index (κ2) is 8.24. The lowest BCUT2D eigenvalue weighted by atomic mass is 10.1. The molecule has 0 aliphatic carbocycles. The van der Waals surface area contributed by atoms with Crippen molar-refractivity contribution in [1.29, 1.82) is 0 Å². The first-order valence-corrected chi connectivity index (χ1v) is 8.88. The molecular weight excluding hydrogens is 387 g/mol. The molecule has 0 radical (unpaired) electrons. The Morgan fingerprint density at radius 1 is 1.00 bits per heavy atom. The minimum atomic E-state index is -0.462. The molecule has 1 heterocycles. The number of H-pyrrole nitrogens is 1. The average molecular weight is 403 g/mol. The van der Waals surface area contributed by atoms with E-state index in [1.54, 1.807) is 24.3 Å². The lowest BCUT2D eigenvalue weighted by Gasteiger charge is -2.13. The molecule has 0 saturated heterocycles. The molecule has 1 atom stereocenters. The number of anilines is 1. The molecule has 0 bridgehead atoms. The van der Waals surface area contributed by atoms with Gasteiger partial charge in [-0.15, -0.1) is 0 Å². The molecule has 0 fully saturated rings. The molecule has 3 rings (SSSR count). The van der Waals surface area contributed by atoms with Gasteiger partial charge in [0.25, 0.3) is 11.8 Å². The molecule has 138 valence electrons. The number of aromatic nitrogens is 2. The molecule has 0 spiro atoms. The number of benzene rings is 2. The van der Waals surface area contributed by atoms with Gasteiger partial charge in [-0.2, -0.15) is 5.10 Å². The SMILES string of the molecule is C[C@@H](NC(=O)c1n[nH]c(NC(=O)c2ccccc2Cl)c1Cl)c1ccccc1. The molecule has 0 saturated carbocycles. The van der Waals surface area contributed by atoms with E-state index in [0.29, 0.717) is 5.02 Å². The maximum Gasteiger partial charge on any atom is 0.273 e. The lowest BCUT2D eigenvalue weighted by molar-refractivity contribution is 0.0934. The molecular formula is C19H16Cl2N4O2. The predicted octanol–water partition coefficient (Wildman–Crippen LogP) is 4.46. The summed E-state index contributed by atoms with van der Waals surface area (Å²) < 4.78 is 0. The molecule has 3 N–H and O–H groups in total. The minimum absolute atomic E-state index is 0.00564. The number of hydrogen-bond acceptors (Lipinski definition) is 3. The second-order valence-electron chi connectivity index (χ2n) is 5.80. The summed E-state index contributed by atoms with van der Waals surface area (Å²) in [7, 11) is 0. The quantitative estimate of drug-likeness (QED) is 0.588. The smallest absolute Gasteiger partial charge is 0.273 e. The van der Waals surface area contributed by atoms with Crippen molar-refractivity contribution in [2.75, 3.05) is 5.32 Å². The van der Waals surface area contributed by atoms with Gasteiger partial charge in [0, 0.05) is 0 Å². The van der Waals surface area contributed by atoms with Crippen LogP contribution >= 0.6 is 23.2 Å². The first-order valence-electron chi connectivity index (χ1n) is 8.13. The monoisotopic (exact) mass is 402 g/mol. The van der Waals surface area contributed by atoms with E-state index in [9.17, 15) is 9.59 Å². The van der Waals surface area contributed by atoms with Crippen LogP contribution in [0.3, 0.4) is 0 Å². The Labute approximate surface area is 165 Å². The summed E-state index contributed by atoms with van der Waals surface area (Å²) in [6, 6.07) is 15.9. The van der Waals surface area contributed by atoms with E-state index in [1.165, 1.54) is 0 Å². The number of carbonyl (C=O) groups excluding carboxylic acids is 2. The number of hydrogen-bond donors (Lipinski definition) is 3. The number of aromatic amines is 1. The Hall–Kier alpha value is -2.83. The number of nitrogens with zero attached hydrogens (tertiary/aromatic N) is 1. The van der Waals surface area contributed by atoms with Crippen LogP contribution in [-0.4, -0.2) is 22.0 Å². The zero-order valence-electron chi connectivity index (χ0n) is 14.3. The highest BCUT2D eigenvalue weighted by Crippen LogP contribution is 2.25. The van der Waals surface area contributed by atoms with Crippen LogP contribution in [0.2, 0.25) is 10.0 Å². The van der Waals surface area contributed by atoms with Gasteiger partial charge in [0.05, 0.1) is 16.6 Å². The Bertz CT molecular complexity index is 973. The third-order valence-corrected chi connectivity index (χ3v) is 4.62. The Balaban J connectivity index is 1.72. The largest absolute Gasteiger partial charge is 0.344 e. The van der Waals surface area contributed by atoms with Crippen LogP contribution in [0.25, 0.3) is 0 Å². The third kappa shape index (κ3) is 4.30. The highest BCUT2D eigenvalue weighted by molar-refractivity contribution is 6.37. The first-order chi connectivity index (χ1) is 13.0. The fourth-order valence-electron chi connectivity index (χ4n) is 2.48. The highest BCUT2D eigenvalue weighted by Gasteiger charge is 2.22. The maximum absolute atomic E-state index is 12.5. The molecule has 0 unspecified atom stereocenters. The fourth-order valence-corrected chi connectivity index (χ4v) is 2.92. The van der Waals surface area contributed by atoms with Crippen LogP contribution in [0.1, 0.15) is 39.4 Å². The number of halogens is 2. The van der Waals surface area contributed by atoms with E-state index in [1.807, 2.05) is 37.3 Å². The summed E-state index contributed by atoms with van der Waals surface area (Å²) in [5.74, 6) is -0.791. The van der Waals surface area contributed by atoms with Gasteiger partial charge < -0.3 is 10.6 Å². The molecule has 2 amide bonds. The van der Waals surface area contributed by atoms with Crippen molar-refractivity contribution < 1.29 is 9.59 Å². The van der Waals surface area contributed by atoms with Gasteiger partial charge in [0.15, 0.2) is 5.69 Å². The van der Waals surface area contributed by atoms with Gasteiger partial charge in [-0.3, -0.25) is 14.7 Å². The van der Waals surface area contributed by atoms with E-state index < -0.39 is 11.8 Å². The van der Waals surface area contributed by atoms with Crippen molar-refractivity contribution in [3.8, 4) is 0 Å². The van der Waals surface area contributed by atoms with Gasteiger partial charge in [-0.1, -0.05) is 65.7 Å². The Morgan fingerprint density at radius 2 is 1.67 bits per heavy atom. The van der Waals surface area contributed by atoms with Crippen LogP contribution in [0.4, 0.5) is 5.82 Å². The van der Waals surface area contributed by atoms with Gasteiger partial charge >= 0.3 is 0 Å². The number of amides is 2. The summed E-state index contributed by atoms with van der Waals surface area (Å²) in [4.78, 5) is 24.8. The van der Waals surface area contributed by atoms with Crippen LogP contribution in [-0.2, 0) is 0 Å². The Kier molecular flexibility index (Phi) is 5.78. The molecule has 3 aromatic rings. The number of carbonyl (C=O) groups is 2. The third-order valence-electron chi connectivity index (χ3n) is 3.93. The first kappa shape index (κ1) is 18.9. The summed E-state index contributed by atoms with van der Waals surface area (Å²) in [6.07, 6.45) is 0. The summed E-state index contributed by atoms with van der Waals surface area (Å²) in [6.45, 7) is 1.86. The molecule has 1 aromatic heterocycles. The van der Waals surface area contributed by atoms with Crippen molar-refractivity contribution in [3.05, 3.63) is 81.5 Å². The van der Waals surface area contributed by atoms with Gasteiger partial charge in [0.1, 0.15) is 10.8 Å². The fraction of sp³-hybridized carbons (Fsp3) is 0.105. The maximum atomic E-state index is 12.5. The summed E-state index contributed by atoms with van der Waals surface area (Å²) in [5.41, 5.74) is 1.23. The van der Waals surface area contributed by atoms with Crippen molar-refractivity contribution >= 4 is 40.8 Å². The molecule has 0 aliphatic heterocycles. The molecule has 0 aliphatic rings. The second-order valence-corrected chi connectivity index (χ2v) is 6.59. The van der Waals surface area contributed by atoms with Crippen LogP contribution in [0.15, 0.2) is 54.6 Å². The molecule has 6 nitrogen and oxygen atoms in total. The van der Waals surface area contributed by atoms with E-state index in [-0.39, 0.29) is 28.1 Å². The van der Waals surface area contributed by atoms with Crippen LogP contribution in [0.5, 0.6) is 0 Å². The van der Waals surface area contributed by atoms with E-state index >= 15 is 0 Å². The molecule has 8 heteroatoms. The van der Waals surface area contributed by atoms with Crippen molar-refractivity contribution in [1.82, 2.24) is 15.5 Å².